The van der Waals surface area contributed by atoms with Crippen LogP contribution in [-0.2, 0) is 43.1 Å². The van der Waals surface area contributed by atoms with Crippen LogP contribution in [0.25, 0.3) is 10.9 Å². The molecule has 0 saturated carbocycles. The standard InChI is InChI=1S/C50H78N10O13S.CH4O/c1-9-26(2)41-46(70)53-22-27(3)52-23-37(65)55-32(21-36(51)64)44(68)33(14-11-10-12-16-39(67)73-50(5,6)7)60-19-13-15-34(60)45(69)58-42(28(4)35(63)25-61)48(72)59-43(47(71)54-24-38(66)57-41)40-30-18-17-29(62)20-31(30)56-49(40)74-8;1-2/h17-18,20,26,28,32-35,41-44,52,56,61-63,68H,3,9-16,19,21-25H2,1-2,4-8H3,(H2,51,64)(H,53,70)(H,54,71)(H,55,65)(H,57,66)(H,58,69)(H,59,72);2H,1H3/t26?,28-,32?,33?,34?,35?,41?,42?,43?,44?;/m0./s1. The van der Waals surface area contributed by atoms with Crippen LogP contribution in [0.5, 0.6) is 5.75 Å². The number of ether oxygens (including phenoxy) is 1. The third-order valence-corrected chi connectivity index (χ3v) is 14.1. The Balaban J connectivity index is 0.00000751. The molecule has 426 valence electrons. The van der Waals surface area contributed by atoms with E-state index in [4.69, 9.17) is 15.6 Å². The molecule has 25 heteroatoms. The van der Waals surface area contributed by atoms with Crippen molar-refractivity contribution in [1.29, 1.82) is 0 Å². The lowest BCUT2D eigenvalue weighted by atomic mass is 9.92. The fourth-order valence-electron chi connectivity index (χ4n) is 9.16. The van der Waals surface area contributed by atoms with Gasteiger partial charge in [-0.3, -0.25) is 43.3 Å². The number of nitrogens with one attached hydrogen (secondary N) is 8. The van der Waals surface area contributed by atoms with Crippen molar-refractivity contribution in [2.45, 2.75) is 158 Å². The predicted octanol–water partition coefficient (Wildman–Crippen LogP) is -0.438. The molecule has 7 amide bonds. The van der Waals surface area contributed by atoms with E-state index in [1.165, 1.54) is 36.9 Å². The summed E-state index contributed by atoms with van der Waals surface area (Å²) in [7, 11) is 1.00. The van der Waals surface area contributed by atoms with Gasteiger partial charge in [0.25, 0.3) is 0 Å². The summed E-state index contributed by atoms with van der Waals surface area (Å²) in [5.74, 6) is -7.50. The summed E-state index contributed by atoms with van der Waals surface area (Å²) in [6.07, 6.45) is 0.907. The number of aliphatic hydroxyl groups is 4. The summed E-state index contributed by atoms with van der Waals surface area (Å²) >= 11 is 1.19. The van der Waals surface area contributed by atoms with Crippen molar-refractivity contribution in [2.24, 2.45) is 17.6 Å². The normalized spacial score (nSPS) is 24.5. The Kier molecular flexibility index (Phi) is 26.0. The second kappa shape index (κ2) is 30.7. The van der Waals surface area contributed by atoms with Crippen LogP contribution in [0, 0.1) is 11.8 Å². The molecular formula is C51H82N10O14S. The Morgan fingerprint density at radius 2 is 1.55 bits per heavy atom. The van der Waals surface area contributed by atoms with E-state index in [1.807, 2.05) is 6.92 Å². The van der Waals surface area contributed by atoms with Crippen LogP contribution in [0.2, 0.25) is 0 Å². The number of primary amides is 1. The maximum Gasteiger partial charge on any atom is 0.306 e. The number of hydrogen-bond acceptors (Lipinski definition) is 17. The number of aliphatic hydroxyl groups excluding tert-OH is 4. The number of unbranched alkanes of at least 4 members (excludes halogenated alkanes) is 2. The molecule has 2 aliphatic heterocycles. The quantitative estimate of drug-likeness (QED) is 0.0611. The molecule has 2 aliphatic rings. The molecular weight excluding hydrogens is 1010 g/mol. The molecule has 9 unspecified atom stereocenters. The third kappa shape index (κ3) is 18.9. The van der Waals surface area contributed by atoms with Gasteiger partial charge in [-0.25, -0.2) is 0 Å². The number of phenolic OH excluding ortho intramolecular Hbond substituents is 1. The van der Waals surface area contributed by atoms with Gasteiger partial charge in [0.2, 0.25) is 41.4 Å². The highest BCUT2D eigenvalue weighted by molar-refractivity contribution is 7.98. The van der Waals surface area contributed by atoms with Crippen molar-refractivity contribution in [3.8, 4) is 5.75 Å². The van der Waals surface area contributed by atoms with E-state index in [9.17, 15) is 58.8 Å². The smallest absolute Gasteiger partial charge is 0.306 e. The van der Waals surface area contributed by atoms with Gasteiger partial charge in [0.1, 0.15) is 29.5 Å². The Bertz CT molecular complexity index is 2330. The van der Waals surface area contributed by atoms with Crippen molar-refractivity contribution < 1.29 is 68.6 Å². The molecule has 1 aromatic carbocycles. The number of aromatic amines is 1. The van der Waals surface area contributed by atoms with E-state index in [2.05, 4.69) is 48.8 Å². The number of hydrogen-bond donors (Lipinski definition) is 14. The van der Waals surface area contributed by atoms with Gasteiger partial charge < -0.3 is 78.2 Å². The van der Waals surface area contributed by atoms with Crippen molar-refractivity contribution in [3.05, 3.63) is 36.0 Å². The third-order valence-electron chi connectivity index (χ3n) is 13.3. The molecule has 1 aromatic heterocycles. The van der Waals surface area contributed by atoms with E-state index in [1.54, 1.807) is 38.9 Å². The van der Waals surface area contributed by atoms with Crippen molar-refractivity contribution in [1.82, 2.24) is 47.1 Å². The summed E-state index contributed by atoms with van der Waals surface area (Å²) in [5, 5.41) is 70.5. The van der Waals surface area contributed by atoms with Crippen LogP contribution in [0.4, 0.5) is 0 Å². The number of nitrogens with zero attached hydrogens (tertiary/aromatic N) is 1. The first-order valence-electron chi connectivity index (χ1n) is 25.6. The summed E-state index contributed by atoms with van der Waals surface area (Å²) in [4.78, 5) is 115. The number of rotatable bonds is 15. The Morgan fingerprint density at radius 1 is 0.895 bits per heavy atom. The maximum absolute atomic E-state index is 14.8. The van der Waals surface area contributed by atoms with Gasteiger partial charge >= 0.3 is 5.97 Å². The van der Waals surface area contributed by atoms with Gasteiger partial charge in [0, 0.05) is 54.6 Å². The molecule has 10 atom stereocenters. The van der Waals surface area contributed by atoms with Crippen molar-refractivity contribution in [2.75, 3.05) is 46.2 Å². The zero-order valence-electron chi connectivity index (χ0n) is 45.0. The summed E-state index contributed by atoms with van der Waals surface area (Å²) in [6.45, 7) is 12.4. The summed E-state index contributed by atoms with van der Waals surface area (Å²) < 4.78 is 5.45. The molecule has 0 radical (unpaired) electrons. The van der Waals surface area contributed by atoms with Gasteiger partial charge in [0.15, 0.2) is 0 Å². The van der Waals surface area contributed by atoms with E-state index in [0.717, 1.165) is 7.11 Å². The maximum atomic E-state index is 14.8. The minimum absolute atomic E-state index is 0.0931. The second-order valence-corrected chi connectivity index (χ2v) is 21.0. The van der Waals surface area contributed by atoms with Crippen LogP contribution >= 0.6 is 11.8 Å². The number of fused-ring (bicyclic) bond motifs is 2. The average molecular weight is 1090 g/mol. The lowest BCUT2D eigenvalue weighted by Gasteiger charge is -2.39. The van der Waals surface area contributed by atoms with Crippen molar-refractivity contribution >= 4 is 70.0 Å². The van der Waals surface area contributed by atoms with Gasteiger partial charge in [0.05, 0.1) is 61.1 Å². The SMILES string of the molecule is C=C1CNC(=O)C(C(C)CC)NC(=O)CNC(=O)C(c2c(SC)[nH]c3cc(O)ccc23)NC(=O)C([C@@H](C)C(O)CO)NC(=O)C2CCCN2C(CCCCCC(=O)OC(C)(C)C)C(O)C(CC(N)=O)NC(=O)CN1.CO. The highest BCUT2D eigenvalue weighted by Gasteiger charge is 2.44. The van der Waals surface area contributed by atoms with Gasteiger partial charge in [-0.1, -0.05) is 46.6 Å². The number of carbonyl (C=O) groups is 8. The van der Waals surface area contributed by atoms with Crippen LogP contribution in [0.1, 0.15) is 111 Å². The molecule has 3 heterocycles. The Hall–Kier alpha value is -5.99. The van der Waals surface area contributed by atoms with Crippen LogP contribution in [-0.4, -0.2) is 177 Å². The number of thioether (sulfide) groups is 1. The molecule has 0 aliphatic carbocycles. The Labute approximate surface area is 448 Å². The first-order valence-corrected chi connectivity index (χ1v) is 26.8. The molecule has 2 saturated heterocycles. The largest absolute Gasteiger partial charge is 0.508 e. The van der Waals surface area contributed by atoms with E-state index >= 15 is 0 Å². The zero-order valence-corrected chi connectivity index (χ0v) is 45.8. The lowest BCUT2D eigenvalue weighted by Crippen LogP contribution is -2.61. The van der Waals surface area contributed by atoms with Crippen LogP contribution in [0.3, 0.4) is 0 Å². The minimum Gasteiger partial charge on any atom is -0.508 e. The average Bonchev–Trinajstić information content (AvgIpc) is 4.01. The van der Waals surface area contributed by atoms with Gasteiger partial charge in [-0.05, 0) is 77.3 Å². The number of phenols is 1. The van der Waals surface area contributed by atoms with Crippen LogP contribution < -0.4 is 43.0 Å². The van der Waals surface area contributed by atoms with Gasteiger partial charge in [-0.2, -0.15) is 0 Å². The second-order valence-electron chi connectivity index (χ2n) is 20.1. The highest BCUT2D eigenvalue weighted by atomic mass is 32.2. The molecule has 76 heavy (non-hydrogen) atoms. The molecule has 2 fully saturated rings. The highest BCUT2D eigenvalue weighted by Crippen LogP contribution is 2.36. The molecule has 0 bridgehead atoms. The van der Waals surface area contributed by atoms with E-state index in [0.29, 0.717) is 48.0 Å². The number of amides is 7. The number of benzene rings is 1. The number of aromatic nitrogens is 1. The molecule has 24 nitrogen and oxygen atoms in total. The fourth-order valence-corrected chi connectivity index (χ4v) is 9.82. The monoisotopic (exact) mass is 1090 g/mol. The topological polar surface area (TPSA) is 376 Å². The molecule has 0 spiro atoms. The molecule has 2 aromatic rings. The number of aromatic hydroxyl groups is 1. The molecule has 4 rings (SSSR count). The first kappa shape index (κ1) is 64.3. The predicted molar refractivity (Wildman–Crippen MR) is 284 cm³/mol. The van der Waals surface area contributed by atoms with E-state index < -0.39 is 133 Å². The number of H-pyrrole nitrogens is 1. The van der Waals surface area contributed by atoms with Crippen LogP contribution in [0.15, 0.2) is 35.5 Å². The fraction of sp³-hybridized carbons (Fsp3) is 0.647. The first-order chi connectivity index (χ1) is 35.9. The number of esters is 1. The number of carbonyl (C=O) groups excluding carboxylic acids is 8. The summed E-state index contributed by atoms with van der Waals surface area (Å²) in [5.41, 5.74) is 5.84. The minimum atomic E-state index is -1.62. The Morgan fingerprint density at radius 3 is 2.18 bits per heavy atom. The molecule has 15 N–H and O–H groups in total. The zero-order chi connectivity index (χ0) is 57.0. The van der Waals surface area contributed by atoms with E-state index in [-0.39, 0.29) is 55.3 Å². The lowest BCUT2D eigenvalue weighted by molar-refractivity contribution is -0.155. The number of nitrogens with two attached hydrogens (primary N) is 1. The van der Waals surface area contributed by atoms with Crippen molar-refractivity contribution in [3.63, 3.8) is 0 Å². The summed E-state index contributed by atoms with van der Waals surface area (Å²) in [6, 6.07) is -3.20. The van der Waals surface area contributed by atoms with Gasteiger partial charge in [-0.15, -0.1) is 11.8 Å².